The van der Waals surface area contributed by atoms with Crippen LogP contribution in [0.25, 0.3) is 6.08 Å². The summed E-state index contributed by atoms with van der Waals surface area (Å²) in [7, 11) is 0. The number of hydrogen-bond acceptors (Lipinski definition) is 3. The topological polar surface area (TPSA) is 43.4 Å². The molecule has 0 N–H and O–H groups in total. The Morgan fingerprint density at radius 1 is 1.44 bits per heavy atom. The molecule has 1 aromatic rings. The Balaban J connectivity index is 3.01. The minimum absolute atomic E-state index is 0.0204. The van der Waals surface area contributed by atoms with Crippen LogP contribution in [0.5, 0.6) is 0 Å². The van der Waals surface area contributed by atoms with Crippen LogP contribution in [0, 0.1) is 5.82 Å². The molecule has 0 aliphatic carbocycles. The van der Waals surface area contributed by atoms with Crippen molar-refractivity contribution in [2.75, 3.05) is 6.61 Å². The molecule has 0 radical (unpaired) electrons. The molecule has 0 atom stereocenters. The third-order valence-electron chi connectivity index (χ3n) is 2.09. The molecular formula is C14H13FO3. The lowest BCUT2D eigenvalue weighted by Crippen LogP contribution is -2.13. The molecule has 94 valence electrons. The maximum atomic E-state index is 13.0. The van der Waals surface area contributed by atoms with Gasteiger partial charge in [0.05, 0.1) is 0 Å². The van der Waals surface area contributed by atoms with Gasteiger partial charge in [-0.2, -0.15) is 0 Å². The molecule has 0 fully saturated rings. The fourth-order valence-corrected chi connectivity index (χ4v) is 1.28. The molecular weight excluding hydrogens is 235 g/mol. The van der Waals surface area contributed by atoms with Crippen molar-refractivity contribution in [2.24, 2.45) is 0 Å². The van der Waals surface area contributed by atoms with E-state index >= 15 is 0 Å². The van der Waals surface area contributed by atoms with Gasteiger partial charge in [-0.1, -0.05) is 24.8 Å². The number of ether oxygens (including phenoxy) is 1. The third-order valence-corrected chi connectivity index (χ3v) is 2.09. The van der Waals surface area contributed by atoms with Crippen LogP contribution >= 0.6 is 0 Å². The highest BCUT2D eigenvalue weighted by molar-refractivity contribution is 6.19. The van der Waals surface area contributed by atoms with Crippen LogP contribution < -0.4 is 0 Å². The lowest BCUT2D eigenvalue weighted by molar-refractivity contribution is -0.139. The van der Waals surface area contributed by atoms with E-state index in [-0.39, 0.29) is 12.2 Å². The number of benzene rings is 1. The number of halogens is 1. The smallest absolute Gasteiger partial charge is 0.342 e. The van der Waals surface area contributed by atoms with Crippen molar-refractivity contribution in [1.82, 2.24) is 0 Å². The van der Waals surface area contributed by atoms with E-state index in [9.17, 15) is 14.0 Å². The van der Waals surface area contributed by atoms with E-state index in [1.807, 2.05) is 0 Å². The number of Topliss-reactive ketones (excluding diaryl/α,β-unsaturated/α-hetero) is 1. The van der Waals surface area contributed by atoms with E-state index in [0.29, 0.717) is 5.56 Å². The second-order valence-corrected chi connectivity index (χ2v) is 3.56. The predicted octanol–water partition coefficient (Wildman–Crippen LogP) is 2.53. The zero-order valence-corrected chi connectivity index (χ0v) is 9.98. The van der Waals surface area contributed by atoms with Gasteiger partial charge in [0.25, 0.3) is 0 Å². The Kier molecular flexibility index (Phi) is 4.99. The maximum absolute atomic E-state index is 13.0. The fraction of sp³-hybridized carbons (Fsp3) is 0.143. The van der Waals surface area contributed by atoms with E-state index in [0.717, 1.165) is 0 Å². The standard InChI is InChI=1S/C14H13FO3/c1-3-7-18-14(17)13(10(2)16)9-11-5-4-6-12(15)8-11/h3-6,8-9H,1,7H2,2H3/b13-9+. The van der Waals surface area contributed by atoms with Crippen LogP contribution in [0.4, 0.5) is 4.39 Å². The molecule has 18 heavy (non-hydrogen) atoms. The molecule has 0 saturated carbocycles. The van der Waals surface area contributed by atoms with Crippen LogP contribution in [0.1, 0.15) is 12.5 Å². The van der Waals surface area contributed by atoms with E-state index in [2.05, 4.69) is 6.58 Å². The van der Waals surface area contributed by atoms with Crippen molar-refractivity contribution in [3.8, 4) is 0 Å². The van der Waals surface area contributed by atoms with Crippen LogP contribution in [-0.2, 0) is 14.3 Å². The predicted molar refractivity (Wildman–Crippen MR) is 66.2 cm³/mol. The van der Waals surface area contributed by atoms with Gasteiger partial charge in [0.15, 0.2) is 5.78 Å². The third kappa shape index (κ3) is 3.97. The monoisotopic (exact) mass is 248 g/mol. The minimum Gasteiger partial charge on any atom is -0.458 e. The molecule has 1 rings (SSSR count). The number of carbonyl (C=O) groups excluding carboxylic acids is 2. The first kappa shape index (κ1) is 13.8. The van der Waals surface area contributed by atoms with E-state index in [1.54, 1.807) is 6.07 Å². The summed E-state index contributed by atoms with van der Waals surface area (Å²) in [5.74, 6) is -1.62. The van der Waals surface area contributed by atoms with Gasteiger partial charge in [0, 0.05) is 0 Å². The van der Waals surface area contributed by atoms with Crippen molar-refractivity contribution >= 4 is 17.8 Å². The molecule has 0 spiro atoms. The Morgan fingerprint density at radius 2 is 2.17 bits per heavy atom. The molecule has 4 heteroatoms. The molecule has 1 aromatic carbocycles. The van der Waals surface area contributed by atoms with E-state index in [4.69, 9.17) is 4.74 Å². The molecule has 0 aliphatic rings. The zero-order valence-electron chi connectivity index (χ0n) is 9.98. The first-order valence-corrected chi connectivity index (χ1v) is 5.31. The van der Waals surface area contributed by atoms with E-state index < -0.39 is 17.6 Å². The molecule has 0 unspecified atom stereocenters. The zero-order chi connectivity index (χ0) is 13.5. The van der Waals surface area contributed by atoms with Gasteiger partial charge >= 0.3 is 5.97 Å². The first-order valence-electron chi connectivity index (χ1n) is 5.31. The lowest BCUT2D eigenvalue weighted by Gasteiger charge is -2.04. The number of rotatable bonds is 5. The normalized spacial score (nSPS) is 10.9. The Hall–Kier alpha value is -2.23. The number of carbonyl (C=O) groups is 2. The summed E-state index contributed by atoms with van der Waals surface area (Å²) >= 11 is 0. The van der Waals surface area contributed by atoms with Crippen molar-refractivity contribution in [3.63, 3.8) is 0 Å². The summed E-state index contributed by atoms with van der Waals surface area (Å²) in [6.45, 7) is 4.67. The highest BCUT2D eigenvalue weighted by atomic mass is 19.1. The Bertz CT molecular complexity index is 504. The van der Waals surface area contributed by atoms with Gasteiger partial charge < -0.3 is 4.74 Å². The molecule has 0 bridgehead atoms. The summed E-state index contributed by atoms with van der Waals surface area (Å²) in [5.41, 5.74) is 0.304. The SMILES string of the molecule is C=CCOC(=O)/C(=C/c1cccc(F)c1)C(C)=O. The summed E-state index contributed by atoms with van der Waals surface area (Å²) in [4.78, 5) is 22.9. The van der Waals surface area contributed by atoms with Crippen molar-refractivity contribution < 1.29 is 18.7 Å². The average Bonchev–Trinajstić information content (AvgIpc) is 2.32. The number of ketones is 1. The quantitative estimate of drug-likeness (QED) is 0.264. The molecule has 3 nitrogen and oxygen atoms in total. The van der Waals surface area contributed by atoms with Crippen molar-refractivity contribution in [2.45, 2.75) is 6.92 Å². The van der Waals surface area contributed by atoms with Crippen molar-refractivity contribution in [1.29, 1.82) is 0 Å². The lowest BCUT2D eigenvalue weighted by atomic mass is 10.1. The highest BCUT2D eigenvalue weighted by Gasteiger charge is 2.15. The van der Waals surface area contributed by atoms with Gasteiger partial charge in [-0.15, -0.1) is 0 Å². The second kappa shape index (κ2) is 6.49. The summed E-state index contributed by atoms with van der Waals surface area (Å²) in [5, 5.41) is 0. The maximum Gasteiger partial charge on any atom is 0.342 e. The van der Waals surface area contributed by atoms with Crippen LogP contribution in [0.15, 0.2) is 42.5 Å². The molecule has 0 saturated heterocycles. The molecule has 0 aliphatic heterocycles. The van der Waals surface area contributed by atoms with Gasteiger partial charge in [0.2, 0.25) is 0 Å². The summed E-state index contributed by atoms with van der Waals surface area (Å²) < 4.78 is 17.8. The van der Waals surface area contributed by atoms with Gasteiger partial charge in [-0.05, 0) is 30.7 Å². The Labute approximate surface area is 105 Å². The van der Waals surface area contributed by atoms with Crippen LogP contribution in [0.3, 0.4) is 0 Å². The van der Waals surface area contributed by atoms with Crippen molar-refractivity contribution in [3.05, 3.63) is 53.9 Å². The fourth-order valence-electron chi connectivity index (χ4n) is 1.28. The first-order chi connectivity index (χ1) is 8.54. The summed E-state index contributed by atoms with van der Waals surface area (Å²) in [6.07, 6.45) is 2.70. The Morgan fingerprint density at radius 3 is 2.72 bits per heavy atom. The van der Waals surface area contributed by atoms with Crippen LogP contribution in [-0.4, -0.2) is 18.4 Å². The molecule has 0 amide bonds. The van der Waals surface area contributed by atoms with Gasteiger partial charge in [-0.3, -0.25) is 4.79 Å². The van der Waals surface area contributed by atoms with Crippen LogP contribution in [0.2, 0.25) is 0 Å². The highest BCUT2D eigenvalue weighted by Crippen LogP contribution is 2.11. The summed E-state index contributed by atoms with van der Waals surface area (Å²) in [6, 6.07) is 5.59. The number of esters is 1. The average molecular weight is 248 g/mol. The molecule has 0 heterocycles. The second-order valence-electron chi connectivity index (χ2n) is 3.56. The van der Waals surface area contributed by atoms with E-state index in [1.165, 1.54) is 37.3 Å². The number of hydrogen-bond donors (Lipinski definition) is 0. The van der Waals surface area contributed by atoms with Gasteiger partial charge in [0.1, 0.15) is 18.0 Å². The minimum atomic E-state index is -0.744. The molecule has 0 aromatic heterocycles. The van der Waals surface area contributed by atoms with Gasteiger partial charge in [-0.25, -0.2) is 9.18 Å². The largest absolute Gasteiger partial charge is 0.458 e.